The number of thioether (sulfide) groups is 1. The van der Waals surface area contributed by atoms with Gasteiger partial charge in [0.25, 0.3) is 0 Å². The van der Waals surface area contributed by atoms with Crippen LogP contribution in [0.15, 0.2) is 35.3 Å². The van der Waals surface area contributed by atoms with Gasteiger partial charge in [0.2, 0.25) is 0 Å². The van der Waals surface area contributed by atoms with E-state index in [1.54, 1.807) is 0 Å². The van der Waals surface area contributed by atoms with Crippen molar-refractivity contribution in [2.75, 3.05) is 5.75 Å². The van der Waals surface area contributed by atoms with Crippen LogP contribution in [0.25, 0.3) is 0 Å². The van der Waals surface area contributed by atoms with E-state index in [9.17, 15) is 0 Å². The van der Waals surface area contributed by atoms with Crippen LogP contribution in [0.2, 0.25) is 0 Å². The van der Waals surface area contributed by atoms with E-state index in [0.29, 0.717) is 12.1 Å². The van der Waals surface area contributed by atoms with Crippen molar-refractivity contribution in [2.24, 2.45) is 10.9 Å². The Kier molecular flexibility index (Phi) is 3.59. The summed E-state index contributed by atoms with van der Waals surface area (Å²) in [5, 5.41) is 4.74. The summed E-state index contributed by atoms with van der Waals surface area (Å²) >= 11 is 1.86. The summed E-state index contributed by atoms with van der Waals surface area (Å²) in [4.78, 5) is 4.81. The first-order valence-corrected chi connectivity index (χ1v) is 7.83. The monoisotopic (exact) mass is 260 g/mol. The van der Waals surface area contributed by atoms with E-state index in [1.165, 1.54) is 24.8 Å². The summed E-state index contributed by atoms with van der Waals surface area (Å²) in [6.45, 7) is 2.29. The number of hydrogen-bond acceptors (Lipinski definition) is 3. The lowest BCUT2D eigenvalue weighted by atomic mass is 9.80. The molecule has 2 unspecified atom stereocenters. The third-order valence-electron chi connectivity index (χ3n) is 4.04. The van der Waals surface area contributed by atoms with Crippen molar-refractivity contribution < 1.29 is 0 Å². The average Bonchev–Trinajstić information content (AvgIpc) is 2.76. The summed E-state index contributed by atoms with van der Waals surface area (Å²) in [5.41, 5.74) is 1.33. The molecule has 1 saturated carbocycles. The smallest absolute Gasteiger partial charge is 0.157 e. The fourth-order valence-electron chi connectivity index (χ4n) is 2.55. The molecule has 1 fully saturated rings. The lowest BCUT2D eigenvalue weighted by molar-refractivity contribution is 0.259. The summed E-state index contributed by atoms with van der Waals surface area (Å²) in [5.74, 6) is 1.94. The molecule has 1 N–H and O–H groups in total. The Hall–Kier alpha value is -0.960. The van der Waals surface area contributed by atoms with Crippen molar-refractivity contribution in [3.63, 3.8) is 0 Å². The maximum atomic E-state index is 4.81. The van der Waals surface area contributed by atoms with E-state index in [2.05, 4.69) is 42.6 Å². The maximum Gasteiger partial charge on any atom is 0.157 e. The van der Waals surface area contributed by atoms with Gasteiger partial charge in [-0.1, -0.05) is 48.5 Å². The molecule has 2 atom stereocenters. The minimum atomic E-state index is 0.340. The quantitative estimate of drug-likeness (QED) is 0.898. The van der Waals surface area contributed by atoms with Gasteiger partial charge in [-0.15, -0.1) is 0 Å². The fraction of sp³-hybridized carbons (Fsp3) is 0.533. The molecule has 0 bridgehead atoms. The first kappa shape index (κ1) is 12.1. The topological polar surface area (TPSA) is 24.4 Å². The molecule has 2 aliphatic rings. The van der Waals surface area contributed by atoms with Crippen LogP contribution < -0.4 is 5.32 Å². The summed E-state index contributed by atoms with van der Waals surface area (Å²) in [6, 6.07) is 11.5. The highest BCUT2D eigenvalue weighted by Crippen LogP contribution is 2.32. The van der Waals surface area contributed by atoms with Gasteiger partial charge in [0.05, 0.1) is 6.04 Å². The molecule has 1 aromatic carbocycles. The van der Waals surface area contributed by atoms with Crippen molar-refractivity contribution in [1.29, 1.82) is 0 Å². The minimum absolute atomic E-state index is 0.340. The predicted octanol–water partition coefficient (Wildman–Crippen LogP) is 3.61. The molecule has 2 nitrogen and oxygen atoms in total. The molecule has 0 aromatic heterocycles. The number of nitrogens with zero attached hydrogens (tertiary/aromatic N) is 1. The predicted molar refractivity (Wildman–Crippen MR) is 79.0 cm³/mol. The lowest BCUT2D eigenvalue weighted by Gasteiger charge is -2.32. The molecule has 0 spiro atoms. The highest BCUT2D eigenvalue weighted by Gasteiger charge is 2.26. The van der Waals surface area contributed by atoms with Crippen LogP contribution in [-0.4, -0.2) is 17.0 Å². The van der Waals surface area contributed by atoms with Gasteiger partial charge in [-0.05, 0) is 31.2 Å². The van der Waals surface area contributed by atoms with Crippen LogP contribution in [0.1, 0.15) is 37.8 Å². The SMILES string of the molecule is CC(NC1=NC(c2ccccc2)CS1)C1CCC1. The minimum Gasteiger partial charge on any atom is -0.362 e. The van der Waals surface area contributed by atoms with E-state index >= 15 is 0 Å². The van der Waals surface area contributed by atoms with Gasteiger partial charge in [-0.25, -0.2) is 0 Å². The number of benzene rings is 1. The molecule has 0 amide bonds. The number of hydrogen-bond donors (Lipinski definition) is 1. The van der Waals surface area contributed by atoms with E-state index < -0.39 is 0 Å². The zero-order valence-electron chi connectivity index (χ0n) is 10.8. The Morgan fingerprint density at radius 3 is 2.72 bits per heavy atom. The molecular formula is C15H20N2S. The second-order valence-electron chi connectivity index (χ2n) is 5.30. The van der Waals surface area contributed by atoms with Crippen LogP contribution >= 0.6 is 11.8 Å². The molecule has 3 heteroatoms. The van der Waals surface area contributed by atoms with Crippen LogP contribution in [0.5, 0.6) is 0 Å². The Labute approximate surface area is 113 Å². The van der Waals surface area contributed by atoms with Crippen LogP contribution in [-0.2, 0) is 0 Å². The van der Waals surface area contributed by atoms with Crippen molar-refractivity contribution in [2.45, 2.75) is 38.3 Å². The fourth-order valence-corrected chi connectivity index (χ4v) is 3.60. The molecule has 18 heavy (non-hydrogen) atoms. The Balaban J connectivity index is 1.61. The van der Waals surface area contributed by atoms with E-state index in [0.717, 1.165) is 16.8 Å². The summed E-state index contributed by atoms with van der Waals surface area (Å²) < 4.78 is 0. The number of nitrogens with one attached hydrogen (secondary N) is 1. The van der Waals surface area contributed by atoms with Gasteiger partial charge < -0.3 is 5.32 Å². The Bertz CT molecular complexity index is 425. The number of amidine groups is 1. The van der Waals surface area contributed by atoms with E-state index in [1.807, 2.05) is 11.8 Å². The van der Waals surface area contributed by atoms with Crippen LogP contribution in [0.4, 0.5) is 0 Å². The van der Waals surface area contributed by atoms with Gasteiger partial charge in [-0.3, -0.25) is 4.99 Å². The van der Waals surface area contributed by atoms with Gasteiger partial charge in [0.1, 0.15) is 0 Å². The zero-order valence-corrected chi connectivity index (χ0v) is 11.6. The first-order chi connectivity index (χ1) is 8.83. The number of aliphatic imine (C=N–C) groups is 1. The summed E-state index contributed by atoms with van der Waals surface area (Å²) in [6.07, 6.45) is 4.17. The van der Waals surface area contributed by atoms with Gasteiger partial charge in [0.15, 0.2) is 5.17 Å². The average molecular weight is 260 g/mol. The van der Waals surface area contributed by atoms with Crippen LogP contribution in [0, 0.1) is 5.92 Å². The van der Waals surface area contributed by atoms with Crippen molar-refractivity contribution in [3.05, 3.63) is 35.9 Å². The van der Waals surface area contributed by atoms with E-state index in [-0.39, 0.29) is 0 Å². The highest BCUT2D eigenvalue weighted by atomic mass is 32.2. The highest BCUT2D eigenvalue weighted by molar-refractivity contribution is 8.14. The second kappa shape index (κ2) is 5.35. The number of rotatable bonds is 3. The lowest BCUT2D eigenvalue weighted by Crippen LogP contribution is -2.39. The molecule has 3 rings (SSSR count). The van der Waals surface area contributed by atoms with Gasteiger partial charge in [0, 0.05) is 11.8 Å². The van der Waals surface area contributed by atoms with Crippen molar-refractivity contribution in [1.82, 2.24) is 5.32 Å². The van der Waals surface area contributed by atoms with Crippen LogP contribution in [0.3, 0.4) is 0 Å². The second-order valence-corrected chi connectivity index (χ2v) is 6.30. The normalized spacial score (nSPS) is 25.4. The first-order valence-electron chi connectivity index (χ1n) is 6.85. The molecular weight excluding hydrogens is 240 g/mol. The maximum absolute atomic E-state index is 4.81. The standard InChI is InChI=1S/C15H20N2S/c1-11(12-8-5-9-12)16-15-17-14(10-18-15)13-6-3-2-4-7-13/h2-4,6-7,11-12,14H,5,8-10H2,1H3,(H,16,17). The van der Waals surface area contributed by atoms with Crippen molar-refractivity contribution >= 4 is 16.9 Å². The Morgan fingerprint density at radius 1 is 1.28 bits per heavy atom. The third-order valence-corrected chi connectivity index (χ3v) is 5.02. The third kappa shape index (κ3) is 2.56. The Morgan fingerprint density at radius 2 is 2.06 bits per heavy atom. The molecule has 1 aromatic rings. The van der Waals surface area contributed by atoms with Gasteiger partial charge in [-0.2, -0.15) is 0 Å². The molecule has 1 aliphatic heterocycles. The van der Waals surface area contributed by atoms with Gasteiger partial charge >= 0.3 is 0 Å². The molecule has 1 aliphatic carbocycles. The van der Waals surface area contributed by atoms with E-state index in [4.69, 9.17) is 4.99 Å². The summed E-state index contributed by atoms with van der Waals surface area (Å²) in [7, 11) is 0. The van der Waals surface area contributed by atoms with Crippen molar-refractivity contribution in [3.8, 4) is 0 Å². The largest absolute Gasteiger partial charge is 0.362 e. The molecule has 96 valence electrons. The zero-order chi connectivity index (χ0) is 12.4. The molecule has 0 saturated heterocycles. The molecule has 1 heterocycles. The molecule has 0 radical (unpaired) electrons.